The Hall–Kier alpha value is -2.58. The number of carbonyl (C=O) groups is 2. The average Bonchev–Trinajstić information content (AvgIpc) is 3.35. The van der Waals surface area contributed by atoms with E-state index >= 15 is 0 Å². The zero-order valence-corrected chi connectivity index (χ0v) is 20.0. The summed E-state index contributed by atoms with van der Waals surface area (Å²) in [6.07, 6.45) is 0. The molecule has 0 bridgehead atoms. The highest BCUT2D eigenvalue weighted by Crippen LogP contribution is 2.65. The molecule has 11 heteroatoms. The molecule has 1 aliphatic rings. The first-order chi connectivity index (χ1) is 16.0. The highest BCUT2D eigenvalue weighted by Gasteiger charge is 2.67. The number of hydrogen-bond donors (Lipinski definition) is 3. The number of nitrogen functional groups attached to an aromatic ring is 1. The first-order valence-corrected chi connectivity index (χ1v) is 11.3. The molecule has 176 valence electrons. The average molecular weight is 545 g/mol. The number of nitrogens with two attached hydrogens (primary N) is 1. The molecule has 1 fully saturated rings. The Kier molecular flexibility index (Phi) is 6.66. The molecular weight excluding hydrogens is 530 g/mol. The summed E-state index contributed by atoms with van der Waals surface area (Å²) in [5.41, 5.74) is 6.79. The minimum absolute atomic E-state index is 0.0372. The third kappa shape index (κ3) is 4.79. The first-order valence-electron chi connectivity index (χ1n) is 9.78. The summed E-state index contributed by atoms with van der Waals surface area (Å²) < 4.78 is 25.3. The van der Waals surface area contributed by atoms with Gasteiger partial charge >= 0.3 is 0 Å². The van der Waals surface area contributed by atoms with E-state index in [1.807, 2.05) is 0 Å². The second-order valence-corrected chi connectivity index (χ2v) is 9.93. The van der Waals surface area contributed by atoms with Gasteiger partial charge in [0.05, 0.1) is 32.9 Å². The second-order valence-electron chi connectivity index (χ2n) is 7.67. The molecule has 0 heterocycles. The van der Waals surface area contributed by atoms with Gasteiger partial charge in [-0.25, -0.2) is 8.78 Å². The summed E-state index contributed by atoms with van der Waals surface area (Å²) in [4.78, 5) is 25.6. The van der Waals surface area contributed by atoms with E-state index < -0.39 is 39.6 Å². The van der Waals surface area contributed by atoms with E-state index in [2.05, 4.69) is 10.6 Å². The van der Waals surface area contributed by atoms with Crippen molar-refractivity contribution in [3.05, 3.63) is 87.4 Å². The van der Waals surface area contributed by atoms with E-state index in [1.54, 1.807) is 0 Å². The fraction of sp³-hybridized carbons (Fsp3) is 0.130. The lowest BCUT2D eigenvalue weighted by molar-refractivity contribution is -0.117. The number of halogens is 6. The van der Waals surface area contributed by atoms with Crippen LogP contribution in [-0.4, -0.2) is 16.1 Å². The van der Waals surface area contributed by atoms with Crippen LogP contribution >= 0.6 is 46.4 Å². The zero-order chi connectivity index (χ0) is 24.8. The fourth-order valence-corrected chi connectivity index (χ4v) is 4.83. The van der Waals surface area contributed by atoms with Gasteiger partial charge in [0.15, 0.2) is 0 Å². The standard InChI is InChI=1S/C23H15Cl4F2N3O2/c24-14-4-3-12(9-13(14)21(33)32-18-6-2-11(28)8-17(18)30)31-22(34)20-19(23(20,26)27)10-1-5-16(29)15(25)7-10/h1-9,19-20H,30H2,(H,31,34)(H,32,33)/t19-,20+/m0/s1. The number of carbonyl (C=O) groups excluding carboxylic acids is 2. The predicted octanol–water partition coefficient (Wildman–Crippen LogP) is 6.63. The van der Waals surface area contributed by atoms with E-state index in [0.717, 1.165) is 12.1 Å². The van der Waals surface area contributed by atoms with Gasteiger partial charge in [0.1, 0.15) is 16.0 Å². The Balaban J connectivity index is 1.51. The Morgan fingerprint density at radius 1 is 0.912 bits per heavy atom. The quantitative estimate of drug-likeness (QED) is 0.249. The van der Waals surface area contributed by atoms with E-state index in [4.69, 9.17) is 52.1 Å². The molecule has 1 saturated carbocycles. The Morgan fingerprint density at radius 3 is 2.32 bits per heavy atom. The summed E-state index contributed by atoms with van der Waals surface area (Å²) in [6, 6.07) is 11.8. The lowest BCUT2D eigenvalue weighted by Gasteiger charge is -2.11. The molecule has 0 aromatic heterocycles. The smallest absolute Gasteiger partial charge is 0.257 e. The molecule has 0 unspecified atom stereocenters. The monoisotopic (exact) mass is 543 g/mol. The van der Waals surface area contributed by atoms with Gasteiger partial charge in [-0.1, -0.05) is 29.3 Å². The van der Waals surface area contributed by atoms with Crippen LogP contribution in [-0.2, 0) is 4.79 Å². The molecule has 1 aliphatic carbocycles. The van der Waals surface area contributed by atoms with E-state index in [0.29, 0.717) is 5.56 Å². The molecule has 2 amide bonds. The summed E-state index contributed by atoms with van der Waals surface area (Å²) in [5, 5.41) is 5.22. The third-order valence-electron chi connectivity index (χ3n) is 5.38. The minimum Gasteiger partial charge on any atom is -0.397 e. The maximum atomic E-state index is 13.5. The highest BCUT2D eigenvalue weighted by atomic mass is 35.5. The number of alkyl halides is 2. The number of rotatable bonds is 5. The molecule has 0 radical (unpaired) electrons. The van der Waals surface area contributed by atoms with Gasteiger partial charge in [0.25, 0.3) is 5.91 Å². The Bertz CT molecular complexity index is 1320. The summed E-state index contributed by atoms with van der Waals surface area (Å²) in [7, 11) is 0. The maximum Gasteiger partial charge on any atom is 0.257 e. The van der Waals surface area contributed by atoms with Gasteiger partial charge < -0.3 is 16.4 Å². The molecule has 4 rings (SSSR count). The Labute approximate surface area is 213 Å². The first kappa shape index (κ1) is 24.5. The number of hydrogen-bond acceptors (Lipinski definition) is 3. The van der Waals surface area contributed by atoms with Crippen LogP contribution in [0.15, 0.2) is 54.6 Å². The van der Waals surface area contributed by atoms with Gasteiger partial charge in [0.2, 0.25) is 5.91 Å². The normalized spacial score (nSPS) is 18.3. The molecule has 2 atom stereocenters. The molecule has 4 N–H and O–H groups in total. The molecule has 34 heavy (non-hydrogen) atoms. The molecular formula is C23H15Cl4F2N3O2. The maximum absolute atomic E-state index is 13.5. The van der Waals surface area contributed by atoms with Crippen LogP contribution in [0.1, 0.15) is 21.8 Å². The van der Waals surface area contributed by atoms with Crippen LogP contribution in [0.5, 0.6) is 0 Å². The van der Waals surface area contributed by atoms with Crippen LogP contribution < -0.4 is 16.4 Å². The second kappa shape index (κ2) is 9.23. The number of nitrogens with one attached hydrogen (secondary N) is 2. The molecule has 3 aromatic rings. The van der Waals surface area contributed by atoms with Crippen molar-refractivity contribution in [3.63, 3.8) is 0 Å². The number of amides is 2. The SMILES string of the molecule is Nc1cc(F)ccc1NC(=O)c1cc(NC(=O)[C@H]2[C@H](c3ccc(F)c(Cl)c3)C2(Cl)Cl)ccc1Cl. The fourth-order valence-electron chi connectivity index (χ4n) is 3.61. The van der Waals surface area contributed by atoms with Crippen molar-refractivity contribution in [1.29, 1.82) is 0 Å². The molecule has 5 nitrogen and oxygen atoms in total. The molecule has 3 aromatic carbocycles. The van der Waals surface area contributed by atoms with Crippen molar-refractivity contribution in [1.82, 2.24) is 0 Å². The van der Waals surface area contributed by atoms with E-state index in [1.165, 1.54) is 42.5 Å². The van der Waals surface area contributed by atoms with Gasteiger partial charge in [-0.3, -0.25) is 9.59 Å². The molecule has 0 aliphatic heterocycles. The summed E-state index contributed by atoms with van der Waals surface area (Å²) >= 11 is 24.7. The summed E-state index contributed by atoms with van der Waals surface area (Å²) in [5.74, 6) is -3.72. The van der Waals surface area contributed by atoms with E-state index in [-0.39, 0.29) is 32.7 Å². The van der Waals surface area contributed by atoms with Crippen molar-refractivity contribution in [2.45, 2.75) is 10.3 Å². The number of anilines is 3. The van der Waals surface area contributed by atoms with Gasteiger partial charge in [-0.2, -0.15) is 0 Å². The van der Waals surface area contributed by atoms with Crippen molar-refractivity contribution in [2.24, 2.45) is 5.92 Å². The van der Waals surface area contributed by atoms with E-state index in [9.17, 15) is 18.4 Å². The zero-order valence-electron chi connectivity index (χ0n) is 17.0. The van der Waals surface area contributed by atoms with Crippen LogP contribution in [0.2, 0.25) is 10.0 Å². The van der Waals surface area contributed by atoms with Crippen LogP contribution in [0.3, 0.4) is 0 Å². The summed E-state index contributed by atoms with van der Waals surface area (Å²) in [6.45, 7) is 0. The van der Waals surface area contributed by atoms with Gasteiger partial charge in [-0.05, 0) is 54.1 Å². The van der Waals surface area contributed by atoms with Crippen molar-refractivity contribution in [2.75, 3.05) is 16.4 Å². The highest BCUT2D eigenvalue weighted by molar-refractivity contribution is 6.53. The van der Waals surface area contributed by atoms with Gasteiger partial charge in [0, 0.05) is 11.6 Å². The largest absolute Gasteiger partial charge is 0.397 e. The van der Waals surface area contributed by atoms with Crippen LogP contribution in [0.25, 0.3) is 0 Å². The lowest BCUT2D eigenvalue weighted by atomic mass is 10.1. The van der Waals surface area contributed by atoms with Gasteiger partial charge in [-0.15, -0.1) is 23.2 Å². The minimum atomic E-state index is -1.42. The topological polar surface area (TPSA) is 84.2 Å². The van der Waals surface area contributed by atoms with Crippen molar-refractivity contribution in [3.8, 4) is 0 Å². The Morgan fingerprint density at radius 2 is 1.65 bits per heavy atom. The van der Waals surface area contributed by atoms with Crippen LogP contribution in [0, 0.1) is 17.6 Å². The predicted molar refractivity (Wildman–Crippen MR) is 131 cm³/mol. The molecule has 0 saturated heterocycles. The van der Waals surface area contributed by atoms with Crippen molar-refractivity contribution < 1.29 is 18.4 Å². The lowest BCUT2D eigenvalue weighted by Crippen LogP contribution is -2.18. The third-order valence-corrected chi connectivity index (χ3v) is 6.94. The van der Waals surface area contributed by atoms with Crippen LogP contribution in [0.4, 0.5) is 25.8 Å². The van der Waals surface area contributed by atoms with Crippen molar-refractivity contribution >= 4 is 75.3 Å². The molecule has 0 spiro atoms. The number of benzene rings is 3.